The summed E-state index contributed by atoms with van der Waals surface area (Å²) in [6, 6.07) is 6.41. The number of aryl methyl sites for hydroxylation is 1. The molecule has 4 heterocycles. The van der Waals surface area contributed by atoms with Gasteiger partial charge >= 0.3 is 0 Å². The number of ketones is 1. The van der Waals surface area contributed by atoms with E-state index in [9.17, 15) is 4.79 Å². The number of hydrogen-bond acceptors (Lipinski definition) is 6. The molecule has 1 saturated heterocycles. The summed E-state index contributed by atoms with van der Waals surface area (Å²) in [6.07, 6.45) is 11.4. The number of piperidine rings is 1. The molecule has 1 aliphatic rings. The lowest BCUT2D eigenvalue weighted by atomic mass is 10.1. The van der Waals surface area contributed by atoms with Crippen molar-refractivity contribution in [1.82, 2.24) is 34.4 Å². The van der Waals surface area contributed by atoms with E-state index < -0.39 is 0 Å². The van der Waals surface area contributed by atoms with Crippen molar-refractivity contribution in [2.75, 3.05) is 19.6 Å². The van der Waals surface area contributed by atoms with Crippen LogP contribution >= 0.6 is 0 Å². The number of likely N-dealkylation sites (tertiary alicyclic amines) is 1. The van der Waals surface area contributed by atoms with E-state index in [-0.39, 0.29) is 12.2 Å². The lowest BCUT2D eigenvalue weighted by Crippen LogP contribution is -2.34. The molecule has 0 aliphatic carbocycles. The molecule has 0 saturated carbocycles. The summed E-state index contributed by atoms with van der Waals surface area (Å²) in [7, 11) is 1.90. The molecule has 0 unspecified atom stereocenters. The Morgan fingerprint density at radius 1 is 1.06 bits per heavy atom. The van der Waals surface area contributed by atoms with E-state index in [4.69, 9.17) is 0 Å². The summed E-state index contributed by atoms with van der Waals surface area (Å²) in [5.41, 5.74) is 3.51. The molecule has 0 bridgehead atoms. The fourth-order valence-electron chi connectivity index (χ4n) is 4.32. The van der Waals surface area contributed by atoms with Gasteiger partial charge in [0.2, 0.25) is 0 Å². The van der Waals surface area contributed by atoms with Crippen molar-refractivity contribution in [2.45, 2.75) is 32.2 Å². The maximum Gasteiger partial charge on any atom is 0.173 e. The molecule has 3 aromatic heterocycles. The standard InChI is InChI=1S/C24H27N7O/c1-3-30-8-6-21(7-9-30)31-16-20(14-27-31)23(32)11-24-25-12-18-5-4-17(10-22(18)28-24)19-13-26-29(2)15-19/h4-5,10,12-16,21H,3,6-9,11H2,1-2H3. The monoisotopic (exact) mass is 429 g/mol. The van der Waals surface area contributed by atoms with Crippen LogP contribution in [0.4, 0.5) is 0 Å². The fourth-order valence-corrected chi connectivity index (χ4v) is 4.32. The summed E-state index contributed by atoms with van der Waals surface area (Å²) in [5.74, 6) is 0.514. The predicted molar refractivity (Wildman–Crippen MR) is 122 cm³/mol. The van der Waals surface area contributed by atoms with Crippen molar-refractivity contribution in [3.8, 4) is 11.1 Å². The van der Waals surface area contributed by atoms with Crippen LogP contribution in [-0.2, 0) is 13.5 Å². The zero-order valence-electron chi connectivity index (χ0n) is 18.5. The molecule has 164 valence electrons. The Hall–Kier alpha value is -3.39. The second-order valence-electron chi connectivity index (χ2n) is 8.44. The maximum absolute atomic E-state index is 12.9. The van der Waals surface area contributed by atoms with Gasteiger partial charge in [0.05, 0.1) is 35.9 Å². The molecule has 0 spiro atoms. The van der Waals surface area contributed by atoms with E-state index in [0.29, 0.717) is 17.4 Å². The van der Waals surface area contributed by atoms with E-state index >= 15 is 0 Å². The van der Waals surface area contributed by atoms with Gasteiger partial charge in [-0.3, -0.25) is 14.2 Å². The Kier molecular flexibility index (Phi) is 5.53. The third-order valence-corrected chi connectivity index (χ3v) is 6.29. The van der Waals surface area contributed by atoms with Crippen LogP contribution in [0.5, 0.6) is 0 Å². The lowest BCUT2D eigenvalue weighted by Gasteiger charge is -2.31. The van der Waals surface area contributed by atoms with Crippen LogP contribution in [-0.4, -0.2) is 59.8 Å². The van der Waals surface area contributed by atoms with Crippen molar-refractivity contribution in [3.63, 3.8) is 0 Å². The Morgan fingerprint density at radius 3 is 2.66 bits per heavy atom. The first-order valence-corrected chi connectivity index (χ1v) is 11.1. The van der Waals surface area contributed by atoms with Crippen LogP contribution in [0.25, 0.3) is 22.0 Å². The largest absolute Gasteiger partial charge is 0.303 e. The van der Waals surface area contributed by atoms with Crippen LogP contribution in [0, 0.1) is 0 Å². The lowest BCUT2D eigenvalue weighted by molar-refractivity contribution is 0.0990. The molecular formula is C24H27N7O. The number of aromatic nitrogens is 6. The number of Topliss-reactive ketones (excluding diaryl/α,β-unsaturated/α-hetero) is 1. The van der Waals surface area contributed by atoms with Gasteiger partial charge in [0.15, 0.2) is 5.78 Å². The van der Waals surface area contributed by atoms with Crippen molar-refractivity contribution in [1.29, 1.82) is 0 Å². The molecular weight excluding hydrogens is 402 g/mol. The van der Waals surface area contributed by atoms with Gasteiger partial charge in [0.25, 0.3) is 0 Å². The number of hydrogen-bond donors (Lipinski definition) is 0. The zero-order chi connectivity index (χ0) is 22.1. The SMILES string of the molecule is CCN1CCC(n2cc(C(=O)Cc3ncc4ccc(-c5cnn(C)c5)cc4n3)cn2)CC1. The average molecular weight is 430 g/mol. The van der Waals surface area contributed by atoms with Crippen LogP contribution in [0.2, 0.25) is 0 Å². The molecule has 32 heavy (non-hydrogen) atoms. The molecule has 0 atom stereocenters. The Labute approximate surface area is 186 Å². The van der Waals surface area contributed by atoms with Gasteiger partial charge in [0, 0.05) is 49.7 Å². The number of rotatable bonds is 6. The number of carbonyl (C=O) groups excluding carboxylic acids is 1. The van der Waals surface area contributed by atoms with Gasteiger partial charge in [-0.25, -0.2) is 9.97 Å². The minimum atomic E-state index is -0.00925. The van der Waals surface area contributed by atoms with Crippen LogP contribution in [0.3, 0.4) is 0 Å². The van der Waals surface area contributed by atoms with Crippen molar-refractivity contribution < 1.29 is 4.79 Å². The summed E-state index contributed by atoms with van der Waals surface area (Å²) in [5, 5.41) is 9.66. The third-order valence-electron chi connectivity index (χ3n) is 6.29. The molecule has 0 N–H and O–H groups in total. The van der Waals surface area contributed by atoms with Crippen LogP contribution in [0.1, 0.15) is 42.0 Å². The smallest absolute Gasteiger partial charge is 0.173 e. The highest BCUT2D eigenvalue weighted by atomic mass is 16.1. The van der Waals surface area contributed by atoms with E-state index in [0.717, 1.165) is 54.5 Å². The predicted octanol–water partition coefficient (Wildman–Crippen LogP) is 3.31. The number of benzene rings is 1. The molecule has 5 rings (SSSR count). The summed E-state index contributed by atoms with van der Waals surface area (Å²) in [4.78, 5) is 24.4. The van der Waals surface area contributed by atoms with Crippen LogP contribution < -0.4 is 0 Å². The highest BCUT2D eigenvalue weighted by Crippen LogP contribution is 2.24. The van der Waals surface area contributed by atoms with Gasteiger partial charge in [-0.2, -0.15) is 10.2 Å². The van der Waals surface area contributed by atoms with Crippen molar-refractivity contribution in [2.24, 2.45) is 7.05 Å². The van der Waals surface area contributed by atoms with Crippen molar-refractivity contribution >= 4 is 16.7 Å². The fraction of sp³-hybridized carbons (Fsp3) is 0.375. The number of fused-ring (bicyclic) bond motifs is 1. The first-order chi connectivity index (χ1) is 15.6. The van der Waals surface area contributed by atoms with Crippen molar-refractivity contribution in [3.05, 3.63) is 60.6 Å². The normalized spacial score (nSPS) is 15.4. The highest BCUT2D eigenvalue weighted by molar-refractivity contribution is 5.97. The summed E-state index contributed by atoms with van der Waals surface area (Å²) < 4.78 is 3.73. The molecule has 8 heteroatoms. The van der Waals surface area contributed by atoms with Gasteiger partial charge in [0.1, 0.15) is 5.82 Å². The Balaban J connectivity index is 1.31. The summed E-state index contributed by atoms with van der Waals surface area (Å²) >= 11 is 0. The summed E-state index contributed by atoms with van der Waals surface area (Å²) in [6.45, 7) is 5.44. The quantitative estimate of drug-likeness (QED) is 0.438. The Morgan fingerprint density at radius 2 is 1.91 bits per heavy atom. The van der Waals surface area contributed by atoms with Gasteiger partial charge in [-0.05, 0) is 31.0 Å². The first kappa shape index (κ1) is 20.5. The average Bonchev–Trinajstić information content (AvgIpc) is 3.48. The first-order valence-electron chi connectivity index (χ1n) is 11.1. The van der Waals surface area contributed by atoms with E-state index in [1.165, 1.54) is 0 Å². The molecule has 8 nitrogen and oxygen atoms in total. The maximum atomic E-state index is 12.9. The Bertz CT molecular complexity index is 1250. The topological polar surface area (TPSA) is 81.7 Å². The van der Waals surface area contributed by atoms with Gasteiger partial charge in [-0.1, -0.05) is 19.1 Å². The minimum absolute atomic E-state index is 0.00925. The van der Waals surface area contributed by atoms with E-state index in [1.54, 1.807) is 17.1 Å². The van der Waals surface area contributed by atoms with Gasteiger partial charge in [-0.15, -0.1) is 0 Å². The molecule has 0 radical (unpaired) electrons. The second kappa shape index (κ2) is 8.63. The molecule has 1 aliphatic heterocycles. The minimum Gasteiger partial charge on any atom is -0.303 e. The molecule has 0 amide bonds. The second-order valence-corrected chi connectivity index (χ2v) is 8.44. The van der Waals surface area contributed by atoms with E-state index in [1.807, 2.05) is 48.5 Å². The highest BCUT2D eigenvalue weighted by Gasteiger charge is 2.21. The van der Waals surface area contributed by atoms with Gasteiger partial charge < -0.3 is 4.90 Å². The third kappa shape index (κ3) is 4.18. The van der Waals surface area contributed by atoms with Crippen LogP contribution in [0.15, 0.2) is 49.2 Å². The molecule has 1 aromatic carbocycles. The zero-order valence-corrected chi connectivity index (χ0v) is 18.5. The number of nitrogens with zero attached hydrogens (tertiary/aromatic N) is 7. The molecule has 1 fully saturated rings. The number of carbonyl (C=O) groups is 1. The molecule has 4 aromatic rings. The van der Waals surface area contributed by atoms with E-state index in [2.05, 4.69) is 32.0 Å².